The molecule has 0 atom stereocenters. The molecular formula is C10H16ClN3O. The lowest BCUT2D eigenvalue weighted by Crippen LogP contribution is -2.23. The van der Waals surface area contributed by atoms with Gasteiger partial charge >= 0.3 is 0 Å². The highest BCUT2D eigenvalue weighted by Crippen LogP contribution is 2.19. The smallest absolute Gasteiger partial charge is 0.267 e. The van der Waals surface area contributed by atoms with Crippen LogP contribution in [0.1, 0.15) is 29.7 Å². The van der Waals surface area contributed by atoms with Gasteiger partial charge in [-0.3, -0.25) is 4.79 Å². The zero-order valence-electron chi connectivity index (χ0n) is 8.58. The van der Waals surface area contributed by atoms with E-state index in [-0.39, 0.29) is 18.0 Å². The molecule has 0 bridgehead atoms. The summed E-state index contributed by atoms with van der Waals surface area (Å²) in [4.78, 5) is 11.5. The average Bonchev–Trinajstić information content (AvgIpc) is 2.23. The highest BCUT2D eigenvalue weighted by atomic mass is 35.5. The molecule has 3 N–H and O–H groups in total. The molecule has 1 aromatic rings. The van der Waals surface area contributed by atoms with Crippen LogP contribution in [0, 0.1) is 0 Å². The zero-order valence-corrected chi connectivity index (χ0v) is 9.40. The van der Waals surface area contributed by atoms with Gasteiger partial charge in [0.05, 0.1) is 5.69 Å². The Morgan fingerprint density at radius 2 is 1.93 bits per heavy atom. The van der Waals surface area contributed by atoms with E-state index in [0.717, 1.165) is 48.9 Å². The first-order chi connectivity index (χ1) is 6.83. The normalized spacial score (nSPS) is 14.2. The molecule has 0 saturated carbocycles. The topological polar surface area (TPSA) is 71.8 Å². The zero-order chi connectivity index (χ0) is 9.97. The van der Waals surface area contributed by atoms with Crippen LogP contribution in [0.5, 0.6) is 0 Å². The number of aromatic amines is 1. The fourth-order valence-electron chi connectivity index (χ4n) is 2.07. The molecule has 0 saturated heterocycles. The van der Waals surface area contributed by atoms with Crippen LogP contribution in [-0.4, -0.2) is 16.7 Å². The fourth-order valence-corrected chi connectivity index (χ4v) is 2.07. The SMILES string of the molecule is Cl.NCCc1n[nH]c(=O)c2c1CCCC2. The van der Waals surface area contributed by atoms with Crippen molar-refractivity contribution in [1.82, 2.24) is 10.2 Å². The van der Waals surface area contributed by atoms with Crippen LogP contribution in [-0.2, 0) is 19.3 Å². The lowest BCUT2D eigenvalue weighted by molar-refractivity contribution is 0.650. The molecule has 1 heterocycles. The van der Waals surface area contributed by atoms with E-state index in [4.69, 9.17) is 5.73 Å². The number of halogens is 1. The van der Waals surface area contributed by atoms with Crippen LogP contribution < -0.4 is 11.3 Å². The Hall–Kier alpha value is -0.870. The van der Waals surface area contributed by atoms with Crippen LogP contribution in [0.3, 0.4) is 0 Å². The first-order valence-electron chi connectivity index (χ1n) is 5.12. The van der Waals surface area contributed by atoms with E-state index in [2.05, 4.69) is 10.2 Å². The summed E-state index contributed by atoms with van der Waals surface area (Å²) >= 11 is 0. The molecule has 4 nitrogen and oxygen atoms in total. The van der Waals surface area contributed by atoms with E-state index >= 15 is 0 Å². The van der Waals surface area contributed by atoms with Crippen LogP contribution in [0.15, 0.2) is 4.79 Å². The molecular weight excluding hydrogens is 214 g/mol. The standard InChI is InChI=1S/C10H15N3O.ClH/c11-6-5-9-7-3-1-2-4-8(7)10(14)13-12-9;/h1-6,11H2,(H,13,14);1H. The van der Waals surface area contributed by atoms with Crippen molar-refractivity contribution in [2.24, 2.45) is 5.73 Å². The van der Waals surface area contributed by atoms with Crippen molar-refractivity contribution in [3.63, 3.8) is 0 Å². The van der Waals surface area contributed by atoms with Gasteiger partial charge in [0, 0.05) is 12.0 Å². The van der Waals surface area contributed by atoms with Gasteiger partial charge in [-0.1, -0.05) is 0 Å². The van der Waals surface area contributed by atoms with Crippen molar-refractivity contribution in [1.29, 1.82) is 0 Å². The Morgan fingerprint density at radius 1 is 1.27 bits per heavy atom. The molecule has 15 heavy (non-hydrogen) atoms. The Labute approximate surface area is 94.7 Å². The number of hydrogen-bond acceptors (Lipinski definition) is 3. The fraction of sp³-hybridized carbons (Fsp3) is 0.600. The number of nitrogens with one attached hydrogen (secondary N) is 1. The maximum absolute atomic E-state index is 11.5. The van der Waals surface area contributed by atoms with Crippen molar-refractivity contribution in [2.45, 2.75) is 32.1 Å². The van der Waals surface area contributed by atoms with Crippen molar-refractivity contribution in [2.75, 3.05) is 6.54 Å². The van der Waals surface area contributed by atoms with E-state index < -0.39 is 0 Å². The summed E-state index contributed by atoms with van der Waals surface area (Å²) in [6.07, 6.45) is 4.92. The number of rotatable bonds is 2. The molecule has 5 heteroatoms. The molecule has 0 aliphatic heterocycles. The van der Waals surface area contributed by atoms with E-state index in [9.17, 15) is 4.79 Å². The van der Waals surface area contributed by atoms with Gasteiger partial charge in [0.25, 0.3) is 5.56 Å². The highest BCUT2D eigenvalue weighted by Gasteiger charge is 2.16. The summed E-state index contributed by atoms with van der Waals surface area (Å²) in [6, 6.07) is 0. The summed E-state index contributed by atoms with van der Waals surface area (Å²) in [5.41, 5.74) is 8.57. The molecule has 1 aliphatic rings. The summed E-state index contributed by atoms with van der Waals surface area (Å²) < 4.78 is 0. The highest BCUT2D eigenvalue weighted by molar-refractivity contribution is 5.85. The van der Waals surface area contributed by atoms with E-state index in [0.29, 0.717) is 6.54 Å². The number of aromatic nitrogens is 2. The van der Waals surface area contributed by atoms with Crippen molar-refractivity contribution < 1.29 is 0 Å². The van der Waals surface area contributed by atoms with Gasteiger partial charge in [0.2, 0.25) is 0 Å². The van der Waals surface area contributed by atoms with Crippen LogP contribution in [0.4, 0.5) is 0 Å². The minimum atomic E-state index is -0.0135. The number of H-pyrrole nitrogens is 1. The molecule has 0 unspecified atom stereocenters. The molecule has 84 valence electrons. The van der Waals surface area contributed by atoms with Gasteiger partial charge in [-0.05, 0) is 37.8 Å². The lowest BCUT2D eigenvalue weighted by Gasteiger charge is -2.16. The second kappa shape index (κ2) is 5.28. The summed E-state index contributed by atoms with van der Waals surface area (Å²) in [5.74, 6) is 0. The third-order valence-electron chi connectivity index (χ3n) is 2.76. The second-order valence-corrected chi connectivity index (χ2v) is 3.70. The number of nitrogens with zero attached hydrogens (tertiary/aromatic N) is 1. The third-order valence-corrected chi connectivity index (χ3v) is 2.76. The van der Waals surface area contributed by atoms with Crippen molar-refractivity contribution in [3.05, 3.63) is 27.2 Å². The Bertz CT molecular complexity index is 389. The Morgan fingerprint density at radius 3 is 2.60 bits per heavy atom. The summed E-state index contributed by atoms with van der Waals surface area (Å²) in [5, 5.41) is 6.62. The van der Waals surface area contributed by atoms with Crippen LogP contribution in [0.2, 0.25) is 0 Å². The lowest BCUT2D eigenvalue weighted by atomic mass is 9.91. The summed E-state index contributed by atoms with van der Waals surface area (Å²) in [7, 11) is 0. The third kappa shape index (κ3) is 2.38. The predicted octanol–water partition coefficient (Wildman–Crippen LogP) is 0.572. The van der Waals surface area contributed by atoms with Crippen LogP contribution >= 0.6 is 12.4 Å². The van der Waals surface area contributed by atoms with Gasteiger partial charge in [-0.2, -0.15) is 5.10 Å². The average molecular weight is 230 g/mol. The van der Waals surface area contributed by atoms with E-state index in [1.807, 2.05) is 0 Å². The second-order valence-electron chi connectivity index (χ2n) is 3.70. The van der Waals surface area contributed by atoms with E-state index in [1.54, 1.807) is 0 Å². The quantitative estimate of drug-likeness (QED) is 0.779. The maximum Gasteiger partial charge on any atom is 0.267 e. The Balaban J connectivity index is 0.00000112. The molecule has 0 aromatic carbocycles. The van der Waals surface area contributed by atoms with Crippen LogP contribution in [0.25, 0.3) is 0 Å². The summed E-state index contributed by atoms with van der Waals surface area (Å²) in [6.45, 7) is 0.589. The first-order valence-corrected chi connectivity index (χ1v) is 5.12. The number of fused-ring (bicyclic) bond motifs is 1. The van der Waals surface area contributed by atoms with Gasteiger partial charge < -0.3 is 5.73 Å². The van der Waals surface area contributed by atoms with Crippen molar-refractivity contribution >= 4 is 12.4 Å². The molecule has 2 rings (SSSR count). The Kier molecular flexibility index (Phi) is 4.29. The predicted molar refractivity (Wildman–Crippen MR) is 61.5 cm³/mol. The molecule has 0 radical (unpaired) electrons. The van der Waals surface area contributed by atoms with Crippen molar-refractivity contribution in [3.8, 4) is 0 Å². The van der Waals surface area contributed by atoms with Gasteiger partial charge in [0.15, 0.2) is 0 Å². The molecule has 0 fully saturated rings. The van der Waals surface area contributed by atoms with E-state index in [1.165, 1.54) is 0 Å². The molecule has 1 aliphatic carbocycles. The maximum atomic E-state index is 11.5. The number of hydrogen-bond donors (Lipinski definition) is 2. The minimum Gasteiger partial charge on any atom is -0.330 e. The molecule has 1 aromatic heterocycles. The number of nitrogens with two attached hydrogens (primary N) is 1. The van der Waals surface area contributed by atoms with Gasteiger partial charge in [-0.25, -0.2) is 5.10 Å². The molecule has 0 spiro atoms. The largest absolute Gasteiger partial charge is 0.330 e. The monoisotopic (exact) mass is 229 g/mol. The first kappa shape index (κ1) is 12.2. The van der Waals surface area contributed by atoms with Gasteiger partial charge in [0.1, 0.15) is 0 Å². The van der Waals surface area contributed by atoms with Gasteiger partial charge in [-0.15, -0.1) is 12.4 Å². The minimum absolute atomic E-state index is 0. The molecule has 0 amide bonds.